The quantitative estimate of drug-likeness (QED) is 0.637. The zero-order valence-corrected chi connectivity index (χ0v) is 9.16. The molecule has 0 spiro atoms. The predicted molar refractivity (Wildman–Crippen MR) is 55.9 cm³/mol. The van der Waals surface area contributed by atoms with Gasteiger partial charge in [-0.1, -0.05) is 6.92 Å². The van der Waals surface area contributed by atoms with Crippen LogP contribution in [0.25, 0.3) is 0 Å². The second-order valence-corrected chi connectivity index (χ2v) is 5.09. The first-order valence-corrected chi connectivity index (χ1v) is 5.65. The Kier molecular flexibility index (Phi) is 2.61. The maximum absolute atomic E-state index is 2.68. The van der Waals surface area contributed by atoms with Gasteiger partial charge in [0.15, 0.2) is 0 Å². The van der Waals surface area contributed by atoms with E-state index in [0.717, 1.165) is 18.0 Å². The fourth-order valence-electron chi connectivity index (χ4n) is 2.44. The van der Waals surface area contributed by atoms with E-state index in [9.17, 15) is 0 Å². The maximum Gasteiger partial charge on any atom is 0.0350 e. The number of nitrogens with zero attached hydrogens (tertiary/aromatic N) is 2. The van der Waals surface area contributed by atoms with E-state index in [4.69, 9.17) is 0 Å². The summed E-state index contributed by atoms with van der Waals surface area (Å²) in [6, 6.07) is 1.63. The van der Waals surface area contributed by atoms with Crippen molar-refractivity contribution < 1.29 is 0 Å². The van der Waals surface area contributed by atoms with Gasteiger partial charge in [-0.3, -0.25) is 9.80 Å². The molecule has 2 aliphatic heterocycles. The lowest BCUT2D eigenvalue weighted by Crippen LogP contribution is -2.60. The molecular formula is C11H22N2. The van der Waals surface area contributed by atoms with E-state index in [1.165, 1.54) is 32.6 Å². The molecule has 0 saturated carbocycles. The monoisotopic (exact) mass is 182 g/mol. The molecule has 1 atom stereocenters. The lowest BCUT2D eigenvalue weighted by molar-refractivity contribution is 0.0244. The third-order valence-electron chi connectivity index (χ3n) is 3.59. The Hall–Kier alpha value is -0.0800. The van der Waals surface area contributed by atoms with Gasteiger partial charge in [0.2, 0.25) is 0 Å². The van der Waals surface area contributed by atoms with Gasteiger partial charge in [0, 0.05) is 31.7 Å². The highest BCUT2D eigenvalue weighted by Gasteiger charge is 2.35. The van der Waals surface area contributed by atoms with Crippen molar-refractivity contribution in [1.29, 1.82) is 0 Å². The normalized spacial score (nSPS) is 32.8. The van der Waals surface area contributed by atoms with Gasteiger partial charge in [-0.05, 0) is 32.7 Å². The van der Waals surface area contributed by atoms with Crippen LogP contribution in [0.5, 0.6) is 0 Å². The summed E-state index contributed by atoms with van der Waals surface area (Å²) in [5.74, 6) is 0.938. The predicted octanol–water partition coefficient (Wildman–Crippen LogP) is 1.42. The average molecular weight is 182 g/mol. The van der Waals surface area contributed by atoms with Crippen molar-refractivity contribution in [2.45, 2.75) is 39.3 Å². The van der Waals surface area contributed by atoms with Gasteiger partial charge < -0.3 is 0 Å². The molecule has 0 amide bonds. The Balaban J connectivity index is 1.74. The fourth-order valence-corrected chi connectivity index (χ4v) is 2.44. The second kappa shape index (κ2) is 3.58. The Bertz CT molecular complexity index is 173. The number of rotatable bonds is 2. The third kappa shape index (κ3) is 1.89. The molecule has 2 nitrogen and oxygen atoms in total. The van der Waals surface area contributed by atoms with Gasteiger partial charge >= 0.3 is 0 Å². The van der Waals surface area contributed by atoms with Crippen LogP contribution < -0.4 is 0 Å². The van der Waals surface area contributed by atoms with Crippen molar-refractivity contribution in [2.75, 3.05) is 26.2 Å². The molecule has 0 radical (unpaired) electrons. The van der Waals surface area contributed by atoms with E-state index < -0.39 is 0 Å². The molecular weight excluding hydrogens is 160 g/mol. The van der Waals surface area contributed by atoms with E-state index in [1.54, 1.807) is 0 Å². The molecule has 0 aromatic rings. The average Bonchev–Trinajstić information content (AvgIpc) is 2.31. The van der Waals surface area contributed by atoms with Gasteiger partial charge in [0.05, 0.1) is 0 Å². The number of hydrogen-bond donors (Lipinski definition) is 0. The molecule has 2 rings (SSSR count). The molecule has 0 aromatic carbocycles. The summed E-state index contributed by atoms with van der Waals surface area (Å²) in [5.41, 5.74) is 0. The van der Waals surface area contributed by atoms with E-state index in [2.05, 4.69) is 30.6 Å². The number of likely N-dealkylation sites (tertiary alicyclic amines) is 2. The Morgan fingerprint density at radius 2 is 1.85 bits per heavy atom. The summed E-state index contributed by atoms with van der Waals surface area (Å²) in [6.07, 6.45) is 1.41. The first-order chi connectivity index (χ1) is 6.16. The van der Waals surface area contributed by atoms with Crippen molar-refractivity contribution in [2.24, 2.45) is 5.92 Å². The van der Waals surface area contributed by atoms with Crippen LogP contribution in [-0.2, 0) is 0 Å². The third-order valence-corrected chi connectivity index (χ3v) is 3.59. The van der Waals surface area contributed by atoms with Gasteiger partial charge in [-0.15, -0.1) is 0 Å². The molecule has 76 valence electrons. The minimum Gasteiger partial charge on any atom is -0.298 e. The molecule has 0 aliphatic carbocycles. The highest BCUT2D eigenvalue weighted by atomic mass is 15.3. The van der Waals surface area contributed by atoms with Crippen molar-refractivity contribution in [3.63, 3.8) is 0 Å². The summed E-state index contributed by atoms with van der Waals surface area (Å²) in [6.45, 7) is 12.3. The van der Waals surface area contributed by atoms with Crippen molar-refractivity contribution in [3.8, 4) is 0 Å². The van der Waals surface area contributed by atoms with Crippen LogP contribution in [0.15, 0.2) is 0 Å². The van der Waals surface area contributed by atoms with Gasteiger partial charge in [-0.2, -0.15) is 0 Å². The molecule has 2 saturated heterocycles. The number of hydrogen-bond acceptors (Lipinski definition) is 2. The summed E-state index contributed by atoms with van der Waals surface area (Å²) >= 11 is 0. The molecule has 0 unspecified atom stereocenters. The SMILES string of the molecule is CC(C)N1CC(N2CC[C@@H](C)C2)C1. The molecule has 2 fully saturated rings. The summed E-state index contributed by atoms with van der Waals surface area (Å²) < 4.78 is 0. The minimum atomic E-state index is 0.747. The minimum absolute atomic E-state index is 0.747. The van der Waals surface area contributed by atoms with E-state index in [0.29, 0.717) is 0 Å². The molecule has 0 aromatic heterocycles. The molecule has 0 N–H and O–H groups in total. The molecule has 2 aliphatic rings. The Labute approximate surface area is 81.9 Å². The van der Waals surface area contributed by atoms with Crippen LogP contribution >= 0.6 is 0 Å². The standard InChI is InChI=1S/C11H22N2/c1-9(2)13-7-11(8-13)12-5-4-10(3)6-12/h9-11H,4-8H2,1-3H3/t10-/m1/s1. The topological polar surface area (TPSA) is 6.48 Å². The lowest BCUT2D eigenvalue weighted by atomic mass is 10.1. The molecule has 2 heterocycles. The zero-order valence-electron chi connectivity index (χ0n) is 9.16. The van der Waals surface area contributed by atoms with Crippen molar-refractivity contribution in [3.05, 3.63) is 0 Å². The summed E-state index contributed by atoms with van der Waals surface area (Å²) in [4.78, 5) is 5.25. The van der Waals surface area contributed by atoms with Gasteiger partial charge in [-0.25, -0.2) is 0 Å². The van der Waals surface area contributed by atoms with E-state index >= 15 is 0 Å². The van der Waals surface area contributed by atoms with Gasteiger partial charge in [0.1, 0.15) is 0 Å². The maximum atomic E-state index is 2.68. The molecule has 13 heavy (non-hydrogen) atoms. The highest BCUT2D eigenvalue weighted by Crippen LogP contribution is 2.24. The Morgan fingerprint density at radius 3 is 2.31 bits per heavy atom. The summed E-state index contributed by atoms with van der Waals surface area (Å²) in [5, 5.41) is 0. The smallest absolute Gasteiger partial charge is 0.0350 e. The van der Waals surface area contributed by atoms with E-state index in [-0.39, 0.29) is 0 Å². The van der Waals surface area contributed by atoms with Crippen LogP contribution in [-0.4, -0.2) is 48.1 Å². The second-order valence-electron chi connectivity index (χ2n) is 5.09. The largest absolute Gasteiger partial charge is 0.298 e. The van der Waals surface area contributed by atoms with Crippen LogP contribution in [0.4, 0.5) is 0 Å². The van der Waals surface area contributed by atoms with E-state index in [1.807, 2.05) is 0 Å². The van der Waals surface area contributed by atoms with Gasteiger partial charge in [0.25, 0.3) is 0 Å². The van der Waals surface area contributed by atoms with Crippen LogP contribution in [0.1, 0.15) is 27.2 Å². The Morgan fingerprint density at radius 1 is 1.15 bits per heavy atom. The van der Waals surface area contributed by atoms with Crippen LogP contribution in [0.2, 0.25) is 0 Å². The molecule has 2 heteroatoms. The highest BCUT2D eigenvalue weighted by molar-refractivity contribution is 4.92. The zero-order chi connectivity index (χ0) is 9.42. The van der Waals surface area contributed by atoms with Crippen LogP contribution in [0, 0.1) is 5.92 Å². The fraction of sp³-hybridized carbons (Fsp3) is 1.00. The molecule has 0 bridgehead atoms. The first kappa shape index (κ1) is 9.47. The first-order valence-electron chi connectivity index (χ1n) is 5.65. The van der Waals surface area contributed by atoms with Crippen molar-refractivity contribution >= 4 is 0 Å². The van der Waals surface area contributed by atoms with Crippen LogP contribution in [0.3, 0.4) is 0 Å². The summed E-state index contributed by atoms with van der Waals surface area (Å²) in [7, 11) is 0. The van der Waals surface area contributed by atoms with Crippen molar-refractivity contribution in [1.82, 2.24) is 9.80 Å². The lowest BCUT2D eigenvalue weighted by Gasteiger charge is -2.46.